The number of piperazine rings is 1. The zero-order valence-electron chi connectivity index (χ0n) is 17.3. The van der Waals surface area contributed by atoms with Gasteiger partial charge in [0, 0.05) is 68.2 Å². The van der Waals surface area contributed by atoms with Crippen LogP contribution in [0.2, 0.25) is 0 Å². The monoisotopic (exact) mass is 421 g/mol. The molecule has 0 bridgehead atoms. The highest BCUT2D eigenvalue weighted by Crippen LogP contribution is 2.20. The molecule has 1 fully saturated rings. The van der Waals surface area contributed by atoms with Crippen molar-refractivity contribution in [3.05, 3.63) is 21.9 Å². The fourth-order valence-corrected chi connectivity index (χ4v) is 4.93. The van der Waals surface area contributed by atoms with Crippen molar-refractivity contribution in [2.24, 2.45) is 10.9 Å². The Kier molecular flexibility index (Phi) is 7.61. The van der Waals surface area contributed by atoms with E-state index in [0.29, 0.717) is 12.5 Å². The van der Waals surface area contributed by atoms with Crippen molar-refractivity contribution in [2.75, 3.05) is 37.6 Å². The zero-order chi connectivity index (χ0) is 19.9. The Bertz CT molecular complexity index is 760. The third-order valence-corrected chi connectivity index (χ3v) is 6.35. The fraction of sp³-hybridized carbons (Fsp3) is 0.684. The van der Waals surface area contributed by atoms with Gasteiger partial charge in [0.05, 0.1) is 11.6 Å². The molecule has 2 aromatic rings. The van der Waals surface area contributed by atoms with Crippen LogP contribution in [0.3, 0.4) is 0 Å². The molecule has 1 aliphatic rings. The predicted octanol–water partition coefficient (Wildman–Crippen LogP) is 3.04. The molecule has 3 heterocycles. The fourth-order valence-electron chi connectivity index (χ4n) is 3.07. The smallest absolute Gasteiger partial charge is 0.205 e. The Hall–Kier alpha value is -1.74. The van der Waals surface area contributed by atoms with E-state index in [-0.39, 0.29) is 0 Å². The van der Waals surface area contributed by atoms with Crippen molar-refractivity contribution in [3.8, 4) is 0 Å². The summed E-state index contributed by atoms with van der Waals surface area (Å²) in [4.78, 5) is 19.9. The predicted molar refractivity (Wildman–Crippen MR) is 119 cm³/mol. The Balaban J connectivity index is 1.58. The number of nitrogens with zero attached hydrogens (tertiary/aromatic N) is 6. The molecule has 2 aromatic heterocycles. The molecule has 0 radical (unpaired) electrons. The topological polar surface area (TPSA) is 69.5 Å². The lowest BCUT2D eigenvalue weighted by atomic mass is 10.1. The summed E-state index contributed by atoms with van der Waals surface area (Å²) in [7, 11) is 0. The molecule has 0 saturated carbocycles. The summed E-state index contributed by atoms with van der Waals surface area (Å²) in [5.41, 5.74) is 0. The van der Waals surface area contributed by atoms with E-state index >= 15 is 0 Å². The molecule has 154 valence electrons. The summed E-state index contributed by atoms with van der Waals surface area (Å²) in [5.74, 6) is 2.57. The van der Waals surface area contributed by atoms with E-state index in [1.807, 2.05) is 6.20 Å². The van der Waals surface area contributed by atoms with Crippen molar-refractivity contribution in [1.82, 2.24) is 24.6 Å². The van der Waals surface area contributed by atoms with Gasteiger partial charge < -0.3 is 15.1 Å². The van der Waals surface area contributed by atoms with Gasteiger partial charge in [-0.1, -0.05) is 20.8 Å². The number of aromatic nitrogens is 3. The van der Waals surface area contributed by atoms with E-state index in [2.05, 4.69) is 57.2 Å². The first-order valence-electron chi connectivity index (χ1n) is 10.1. The van der Waals surface area contributed by atoms with Crippen LogP contribution in [0.4, 0.5) is 5.13 Å². The highest BCUT2D eigenvalue weighted by Gasteiger charge is 2.22. The summed E-state index contributed by atoms with van der Waals surface area (Å²) >= 11 is 3.29. The first-order valence-corrected chi connectivity index (χ1v) is 11.7. The lowest BCUT2D eigenvalue weighted by Gasteiger charge is -2.36. The molecule has 1 aliphatic heterocycles. The van der Waals surface area contributed by atoms with Gasteiger partial charge in [-0.25, -0.2) is 15.0 Å². The summed E-state index contributed by atoms with van der Waals surface area (Å²) in [6.45, 7) is 14.0. The third kappa shape index (κ3) is 5.64. The number of nitrogens with one attached hydrogen (secondary N) is 1. The van der Waals surface area contributed by atoms with Gasteiger partial charge in [-0.2, -0.15) is 4.37 Å². The van der Waals surface area contributed by atoms with Crippen molar-refractivity contribution in [3.63, 3.8) is 0 Å². The molecule has 0 atom stereocenters. The normalized spacial score (nSPS) is 15.5. The van der Waals surface area contributed by atoms with Gasteiger partial charge in [-0.3, -0.25) is 0 Å². The molecule has 28 heavy (non-hydrogen) atoms. The SMILES string of the molecule is CCNC(=NCc1cnc(CC(C)C)s1)N1CCN(c2nc(CC)ns2)CC1. The second kappa shape index (κ2) is 10.2. The van der Waals surface area contributed by atoms with Crippen LogP contribution in [0, 0.1) is 5.92 Å². The minimum atomic E-state index is 0.637. The first-order chi connectivity index (χ1) is 13.6. The molecule has 0 spiro atoms. The lowest BCUT2D eigenvalue weighted by Crippen LogP contribution is -2.52. The van der Waals surface area contributed by atoms with Gasteiger partial charge in [-0.05, 0) is 12.8 Å². The van der Waals surface area contributed by atoms with E-state index in [0.717, 1.165) is 62.5 Å². The van der Waals surface area contributed by atoms with Crippen LogP contribution in [-0.4, -0.2) is 57.9 Å². The highest BCUT2D eigenvalue weighted by molar-refractivity contribution is 7.11. The van der Waals surface area contributed by atoms with Gasteiger partial charge in [0.1, 0.15) is 5.82 Å². The number of aryl methyl sites for hydroxylation is 1. The molecular weight excluding hydrogens is 390 g/mol. The van der Waals surface area contributed by atoms with E-state index in [1.54, 1.807) is 11.3 Å². The molecule has 7 nitrogen and oxygen atoms in total. The van der Waals surface area contributed by atoms with Crippen molar-refractivity contribution in [2.45, 2.75) is 47.1 Å². The minimum Gasteiger partial charge on any atom is -0.357 e. The number of aliphatic imine (C=N–C) groups is 1. The molecule has 9 heteroatoms. The first kappa shape index (κ1) is 21.0. The maximum Gasteiger partial charge on any atom is 0.205 e. The average molecular weight is 422 g/mol. The van der Waals surface area contributed by atoms with Crippen LogP contribution in [0.5, 0.6) is 0 Å². The molecule has 0 aliphatic carbocycles. The lowest BCUT2D eigenvalue weighted by molar-refractivity contribution is 0.372. The summed E-state index contributed by atoms with van der Waals surface area (Å²) in [6, 6.07) is 0. The number of rotatable bonds is 7. The third-order valence-electron chi connectivity index (χ3n) is 4.53. The van der Waals surface area contributed by atoms with E-state index in [1.165, 1.54) is 21.4 Å². The van der Waals surface area contributed by atoms with Crippen LogP contribution in [-0.2, 0) is 19.4 Å². The second-order valence-corrected chi connectivity index (χ2v) is 9.24. The van der Waals surface area contributed by atoms with E-state index in [9.17, 15) is 0 Å². The second-order valence-electron chi connectivity index (χ2n) is 7.31. The molecule has 0 aromatic carbocycles. The molecular formula is C19H31N7S2. The maximum absolute atomic E-state index is 4.87. The molecule has 1 saturated heterocycles. The van der Waals surface area contributed by atoms with Crippen molar-refractivity contribution >= 4 is 34.0 Å². The van der Waals surface area contributed by atoms with Crippen LogP contribution in [0.25, 0.3) is 0 Å². The number of anilines is 1. The molecule has 1 N–H and O–H groups in total. The summed E-state index contributed by atoms with van der Waals surface area (Å²) in [6.07, 6.45) is 3.92. The van der Waals surface area contributed by atoms with E-state index in [4.69, 9.17) is 4.99 Å². The number of hydrogen-bond acceptors (Lipinski definition) is 7. The molecule has 3 rings (SSSR count). The Morgan fingerprint density at radius 2 is 2.04 bits per heavy atom. The van der Waals surface area contributed by atoms with Crippen LogP contribution >= 0.6 is 22.9 Å². The number of guanidine groups is 1. The highest BCUT2D eigenvalue weighted by atomic mass is 32.1. The Morgan fingerprint density at radius 3 is 2.68 bits per heavy atom. The summed E-state index contributed by atoms with van der Waals surface area (Å²) in [5, 5.41) is 5.70. The largest absolute Gasteiger partial charge is 0.357 e. The van der Waals surface area contributed by atoms with Crippen molar-refractivity contribution in [1.29, 1.82) is 0 Å². The van der Waals surface area contributed by atoms with Gasteiger partial charge in [-0.15, -0.1) is 11.3 Å². The van der Waals surface area contributed by atoms with E-state index < -0.39 is 0 Å². The summed E-state index contributed by atoms with van der Waals surface area (Å²) < 4.78 is 4.41. The van der Waals surface area contributed by atoms with Gasteiger partial charge in [0.2, 0.25) is 5.13 Å². The van der Waals surface area contributed by atoms with Crippen LogP contribution in [0.15, 0.2) is 11.2 Å². The van der Waals surface area contributed by atoms with Crippen LogP contribution in [0.1, 0.15) is 43.4 Å². The standard InChI is InChI=1S/C19H31N7S2/c1-5-16-23-19(28-24-16)26-9-7-25(8-10-26)18(20-6-2)22-13-15-12-21-17(27-15)11-14(3)4/h12,14H,5-11,13H2,1-4H3,(H,20,22). The van der Waals surface area contributed by atoms with Gasteiger partial charge in [0.25, 0.3) is 0 Å². The van der Waals surface area contributed by atoms with Gasteiger partial charge >= 0.3 is 0 Å². The van der Waals surface area contributed by atoms with Crippen molar-refractivity contribution < 1.29 is 0 Å². The zero-order valence-corrected chi connectivity index (χ0v) is 18.9. The maximum atomic E-state index is 4.87. The molecule has 0 unspecified atom stereocenters. The molecule has 0 amide bonds. The number of hydrogen-bond donors (Lipinski definition) is 1. The quantitative estimate of drug-likeness (QED) is 0.547. The minimum absolute atomic E-state index is 0.637. The van der Waals surface area contributed by atoms with Crippen LogP contribution < -0.4 is 10.2 Å². The Labute approximate surface area is 176 Å². The average Bonchev–Trinajstić information content (AvgIpc) is 3.34. The Morgan fingerprint density at radius 1 is 1.25 bits per heavy atom. The van der Waals surface area contributed by atoms with Gasteiger partial charge in [0.15, 0.2) is 5.96 Å². The number of thiazole rings is 1.